The smallest absolute Gasteiger partial charge is 0.157 e. The van der Waals surface area contributed by atoms with Crippen molar-refractivity contribution >= 4 is 9.84 Å². The van der Waals surface area contributed by atoms with Crippen LogP contribution >= 0.6 is 0 Å². The van der Waals surface area contributed by atoms with Crippen molar-refractivity contribution < 1.29 is 13.2 Å². The third-order valence-electron chi connectivity index (χ3n) is 3.16. The highest BCUT2D eigenvalue weighted by Crippen LogP contribution is 2.29. The van der Waals surface area contributed by atoms with E-state index in [0.29, 0.717) is 19.1 Å². The quantitative estimate of drug-likeness (QED) is 0.787. The lowest BCUT2D eigenvalue weighted by atomic mass is 9.82. The van der Waals surface area contributed by atoms with Gasteiger partial charge >= 0.3 is 0 Å². The molecule has 0 amide bonds. The number of nitrogens with two attached hydrogens (primary N) is 1. The fourth-order valence-electron chi connectivity index (χ4n) is 1.63. The third kappa shape index (κ3) is 3.43. The lowest BCUT2D eigenvalue weighted by molar-refractivity contribution is -0.0208. The molecule has 1 saturated carbocycles. The molecule has 0 bridgehead atoms. The topological polar surface area (TPSA) is 69.4 Å². The summed E-state index contributed by atoms with van der Waals surface area (Å²) >= 11 is 0. The summed E-state index contributed by atoms with van der Waals surface area (Å²) in [6.45, 7) is 6.17. The lowest BCUT2D eigenvalue weighted by Gasteiger charge is -2.34. The van der Waals surface area contributed by atoms with E-state index in [1.54, 1.807) is 20.8 Å². The van der Waals surface area contributed by atoms with Gasteiger partial charge in [0.05, 0.1) is 23.2 Å². The van der Waals surface area contributed by atoms with E-state index in [9.17, 15) is 8.42 Å². The molecule has 1 aliphatic rings. The molecule has 0 heterocycles. The summed E-state index contributed by atoms with van der Waals surface area (Å²) < 4.78 is 28.3. The second kappa shape index (κ2) is 5.02. The minimum Gasteiger partial charge on any atom is -0.377 e. The molecule has 0 aromatic rings. The molecule has 0 radical (unpaired) electrons. The van der Waals surface area contributed by atoms with E-state index in [-0.39, 0.29) is 11.9 Å². The van der Waals surface area contributed by atoms with Gasteiger partial charge in [0, 0.05) is 0 Å². The van der Waals surface area contributed by atoms with Gasteiger partial charge in [-0.2, -0.15) is 0 Å². The molecule has 0 unspecified atom stereocenters. The largest absolute Gasteiger partial charge is 0.377 e. The summed E-state index contributed by atoms with van der Waals surface area (Å²) in [5.74, 6) is 0.685. The van der Waals surface area contributed by atoms with Crippen LogP contribution in [0.25, 0.3) is 0 Å². The highest BCUT2D eigenvalue weighted by molar-refractivity contribution is 7.92. The zero-order valence-electron chi connectivity index (χ0n) is 10.4. The van der Waals surface area contributed by atoms with E-state index in [1.165, 1.54) is 0 Å². The van der Waals surface area contributed by atoms with Crippen LogP contribution in [0.2, 0.25) is 0 Å². The van der Waals surface area contributed by atoms with Crippen LogP contribution in [0.4, 0.5) is 0 Å². The molecule has 2 N–H and O–H groups in total. The number of rotatable bonds is 5. The van der Waals surface area contributed by atoms with Crippen LogP contribution in [0.15, 0.2) is 0 Å². The van der Waals surface area contributed by atoms with Crippen molar-refractivity contribution in [3.05, 3.63) is 0 Å². The second-order valence-electron chi connectivity index (χ2n) is 5.50. The number of sulfone groups is 1. The van der Waals surface area contributed by atoms with Gasteiger partial charge in [-0.1, -0.05) is 0 Å². The van der Waals surface area contributed by atoms with Crippen LogP contribution in [0.1, 0.15) is 33.6 Å². The van der Waals surface area contributed by atoms with E-state index >= 15 is 0 Å². The van der Waals surface area contributed by atoms with Crippen molar-refractivity contribution in [3.8, 4) is 0 Å². The molecule has 1 rings (SSSR count). The summed E-state index contributed by atoms with van der Waals surface area (Å²) in [6.07, 6.45) is 2.18. The average Bonchev–Trinajstić information content (AvgIpc) is 2.06. The Morgan fingerprint density at radius 3 is 2.31 bits per heavy atom. The van der Waals surface area contributed by atoms with Crippen molar-refractivity contribution in [1.82, 2.24) is 0 Å². The molecule has 1 aliphatic carbocycles. The zero-order valence-corrected chi connectivity index (χ0v) is 11.2. The first-order chi connectivity index (χ1) is 7.26. The van der Waals surface area contributed by atoms with Gasteiger partial charge < -0.3 is 10.5 Å². The van der Waals surface area contributed by atoms with Gasteiger partial charge in [-0.05, 0) is 46.1 Å². The molecule has 96 valence electrons. The molecule has 16 heavy (non-hydrogen) atoms. The Bertz CT molecular complexity index is 313. The maximum Gasteiger partial charge on any atom is 0.157 e. The first-order valence-electron chi connectivity index (χ1n) is 5.80. The van der Waals surface area contributed by atoms with Gasteiger partial charge in [-0.3, -0.25) is 0 Å². The maximum absolute atomic E-state index is 11.8. The fraction of sp³-hybridized carbons (Fsp3) is 1.00. The van der Waals surface area contributed by atoms with Crippen molar-refractivity contribution in [2.75, 3.05) is 18.9 Å². The standard InChI is InChI=1S/C11H23NO3S/c1-11(2,3)16(13,14)5-4-15-10-6-9(7-10)8-12/h9-10H,4-8,12H2,1-3H3. The van der Waals surface area contributed by atoms with Crippen LogP contribution in [0.5, 0.6) is 0 Å². The van der Waals surface area contributed by atoms with Crippen molar-refractivity contribution in [3.63, 3.8) is 0 Å². The van der Waals surface area contributed by atoms with Gasteiger partial charge in [-0.15, -0.1) is 0 Å². The highest BCUT2D eigenvalue weighted by atomic mass is 32.2. The number of ether oxygens (including phenoxy) is 1. The van der Waals surface area contributed by atoms with E-state index in [1.807, 2.05) is 0 Å². The predicted molar refractivity (Wildman–Crippen MR) is 65.1 cm³/mol. The summed E-state index contributed by atoms with van der Waals surface area (Å²) in [4.78, 5) is 0. The van der Waals surface area contributed by atoms with E-state index in [2.05, 4.69) is 0 Å². The van der Waals surface area contributed by atoms with Gasteiger partial charge in [0.15, 0.2) is 9.84 Å². The van der Waals surface area contributed by atoms with Crippen LogP contribution in [0, 0.1) is 5.92 Å². The van der Waals surface area contributed by atoms with Crippen molar-refractivity contribution in [1.29, 1.82) is 0 Å². The Morgan fingerprint density at radius 1 is 1.31 bits per heavy atom. The lowest BCUT2D eigenvalue weighted by Crippen LogP contribution is -2.38. The van der Waals surface area contributed by atoms with E-state index < -0.39 is 14.6 Å². The van der Waals surface area contributed by atoms with Crippen LogP contribution in [-0.4, -0.2) is 38.2 Å². The normalized spacial score (nSPS) is 26.5. The average molecular weight is 249 g/mol. The highest BCUT2D eigenvalue weighted by Gasteiger charge is 2.31. The second-order valence-corrected chi connectivity index (χ2v) is 8.36. The van der Waals surface area contributed by atoms with Crippen molar-refractivity contribution in [2.45, 2.75) is 44.5 Å². The third-order valence-corrected chi connectivity index (χ3v) is 5.73. The van der Waals surface area contributed by atoms with Gasteiger partial charge in [0.1, 0.15) is 0 Å². The molecule has 1 fully saturated rings. The zero-order chi connectivity index (χ0) is 12.4. The Balaban J connectivity index is 2.22. The molecule has 0 spiro atoms. The SMILES string of the molecule is CC(C)(C)S(=O)(=O)CCOC1CC(CN)C1. The molecule has 0 atom stereocenters. The molecular weight excluding hydrogens is 226 g/mol. The summed E-state index contributed by atoms with van der Waals surface area (Å²) in [5.41, 5.74) is 5.50. The molecule has 0 aromatic heterocycles. The Morgan fingerprint density at radius 2 is 1.88 bits per heavy atom. The van der Waals surface area contributed by atoms with E-state index in [4.69, 9.17) is 10.5 Å². The summed E-state index contributed by atoms with van der Waals surface area (Å²) in [5, 5.41) is 0. The van der Waals surface area contributed by atoms with Crippen molar-refractivity contribution in [2.24, 2.45) is 11.7 Å². The van der Waals surface area contributed by atoms with Gasteiger partial charge in [-0.25, -0.2) is 8.42 Å². The Hall–Kier alpha value is -0.130. The Labute approximate surface area is 98.5 Å². The summed E-state index contributed by atoms with van der Waals surface area (Å²) in [6, 6.07) is 0. The molecule has 0 saturated heterocycles. The van der Waals surface area contributed by atoms with Crippen LogP contribution in [-0.2, 0) is 14.6 Å². The molecule has 0 aromatic carbocycles. The molecule has 4 nitrogen and oxygen atoms in total. The monoisotopic (exact) mass is 249 g/mol. The van der Waals surface area contributed by atoms with E-state index in [0.717, 1.165) is 12.8 Å². The Kier molecular flexibility index (Phi) is 4.37. The van der Waals surface area contributed by atoms with Crippen LogP contribution < -0.4 is 5.73 Å². The molecular formula is C11H23NO3S. The maximum atomic E-state index is 11.8. The first kappa shape index (κ1) is 13.9. The van der Waals surface area contributed by atoms with Gasteiger partial charge in [0.2, 0.25) is 0 Å². The van der Waals surface area contributed by atoms with Crippen LogP contribution in [0.3, 0.4) is 0 Å². The fourth-order valence-corrected chi connectivity index (χ4v) is 2.56. The molecule has 5 heteroatoms. The summed E-state index contributed by atoms with van der Waals surface area (Å²) in [7, 11) is -3.05. The first-order valence-corrected chi connectivity index (χ1v) is 7.45. The molecule has 0 aliphatic heterocycles. The predicted octanol–water partition coefficient (Wildman–Crippen LogP) is 0.954. The number of hydrogen-bond donors (Lipinski definition) is 1. The number of hydrogen-bond acceptors (Lipinski definition) is 4. The minimum absolute atomic E-state index is 0.111. The minimum atomic E-state index is -3.05. The van der Waals surface area contributed by atoms with Gasteiger partial charge in [0.25, 0.3) is 0 Å².